The van der Waals surface area contributed by atoms with Crippen molar-refractivity contribution in [1.82, 2.24) is 5.32 Å². The van der Waals surface area contributed by atoms with Crippen LogP contribution in [0.5, 0.6) is 0 Å². The molecule has 1 atom stereocenters. The highest BCUT2D eigenvalue weighted by atomic mass is 79.9. The van der Waals surface area contributed by atoms with Crippen molar-refractivity contribution in [3.8, 4) is 0 Å². The van der Waals surface area contributed by atoms with Gasteiger partial charge in [-0.3, -0.25) is 4.79 Å². The Kier molecular flexibility index (Phi) is 5.83. The third-order valence-electron chi connectivity index (χ3n) is 1.55. The molecule has 0 aliphatic carbocycles. The molecule has 1 aromatic rings. The molecular formula is C8H12BrClN2O2. The number of hydrogen-bond acceptors (Lipinski definition) is 3. The summed E-state index contributed by atoms with van der Waals surface area (Å²) in [6.07, 6.45) is 1.45. The molecule has 0 aliphatic heterocycles. The number of amides is 1. The summed E-state index contributed by atoms with van der Waals surface area (Å²) in [5, 5.41) is 2.69. The zero-order valence-corrected chi connectivity index (χ0v) is 10.0. The van der Waals surface area contributed by atoms with E-state index in [0.717, 1.165) is 0 Å². The van der Waals surface area contributed by atoms with Crippen molar-refractivity contribution in [2.45, 2.75) is 13.0 Å². The van der Waals surface area contributed by atoms with Gasteiger partial charge in [-0.05, 0) is 28.9 Å². The summed E-state index contributed by atoms with van der Waals surface area (Å²) in [5.41, 5.74) is 5.35. The fourth-order valence-electron chi connectivity index (χ4n) is 0.804. The van der Waals surface area contributed by atoms with Crippen LogP contribution in [0, 0.1) is 0 Å². The van der Waals surface area contributed by atoms with Gasteiger partial charge in [0.25, 0.3) is 5.91 Å². The normalized spacial score (nSPS) is 11.6. The molecule has 0 unspecified atom stereocenters. The zero-order valence-electron chi connectivity index (χ0n) is 7.62. The van der Waals surface area contributed by atoms with E-state index in [2.05, 4.69) is 21.2 Å². The van der Waals surface area contributed by atoms with Crippen LogP contribution in [0.2, 0.25) is 0 Å². The fourth-order valence-corrected chi connectivity index (χ4v) is 1.19. The average molecular weight is 284 g/mol. The van der Waals surface area contributed by atoms with Gasteiger partial charge in [-0.25, -0.2) is 0 Å². The van der Waals surface area contributed by atoms with Gasteiger partial charge in [-0.2, -0.15) is 0 Å². The first kappa shape index (κ1) is 13.5. The molecule has 14 heavy (non-hydrogen) atoms. The molecule has 0 bridgehead atoms. The van der Waals surface area contributed by atoms with E-state index in [0.29, 0.717) is 11.0 Å². The van der Waals surface area contributed by atoms with Gasteiger partial charge in [-0.1, -0.05) is 0 Å². The van der Waals surface area contributed by atoms with Crippen molar-refractivity contribution < 1.29 is 9.21 Å². The Labute approximate surface area is 96.8 Å². The van der Waals surface area contributed by atoms with Crippen LogP contribution in [0.4, 0.5) is 0 Å². The van der Waals surface area contributed by atoms with E-state index in [1.807, 2.05) is 6.92 Å². The van der Waals surface area contributed by atoms with Gasteiger partial charge in [0.15, 0.2) is 0 Å². The smallest absolute Gasteiger partial charge is 0.288 e. The summed E-state index contributed by atoms with van der Waals surface area (Å²) >= 11 is 3.19. The van der Waals surface area contributed by atoms with Gasteiger partial charge >= 0.3 is 0 Å². The van der Waals surface area contributed by atoms with Crippen molar-refractivity contribution in [1.29, 1.82) is 0 Å². The first-order chi connectivity index (χ1) is 6.15. The quantitative estimate of drug-likeness (QED) is 0.884. The lowest BCUT2D eigenvalue weighted by molar-refractivity contribution is 0.0912. The molecule has 0 saturated heterocycles. The first-order valence-electron chi connectivity index (χ1n) is 3.89. The molecule has 0 fully saturated rings. The average Bonchev–Trinajstić information content (AvgIpc) is 2.51. The molecule has 0 saturated carbocycles. The topological polar surface area (TPSA) is 68.3 Å². The predicted octanol–water partition coefficient (Wildman–Crippen LogP) is 1.54. The Morgan fingerprint density at radius 2 is 2.43 bits per heavy atom. The van der Waals surface area contributed by atoms with E-state index >= 15 is 0 Å². The van der Waals surface area contributed by atoms with E-state index < -0.39 is 0 Å². The van der Waals surface area contributed by atoms with E-state index in [9.17, 15) is 4.79 Å². The van der Waals surface area contributed by atoms with Crippen LogP contribution >= 0.6 is 28.3 Å². The number of rotatable bonds is 3. The first-order valence-corrected chi connectivity index (χ1v) is 4.68. The highest BCUT2D eigenvalue weighted by Gasteiger charge is 2.14. The van der Waals surface area contributed by atoms with E-state index in [1.54, 1.807) is 6.07 Å². The van der Waals surface area contributed by atoms with Crippen LogP contribution in [0.3, 0.4) is 0 Å². The van der Waals surface area contributed by atoms with Crippen molar-refractivity contribution in [3.63, 3.8) is 0 Å². The molecule has 80 valence electrons. The minimum absolute atomic E-state index is 0. The lowest BCUT2D eigenvalue weighted by atomic mass is 10.3. The molecular weight excluding hydrogens is 271 g/mol. The summed E-state index contributed by atoms with van der Waals surface area (Å²) in [6, 6.07) is 1.62. The summed E-state index contributed by atoms with van der Waals surface area (Å²) < 4.78 is 5.62. The van der Waals surface area contributed by atoms with Gasteiger partial charge in [-0.15, -0.1) is 12.4 Å². The van der Waals surface area contributed by atoms with Crippen LogP contribution in [0.1, 0.15) is 17.5 Å². The second kappa shape index (κ2) is 6.06. The Balaban J connectivity index is 0.00000169. The number of halogens is 2. The third kappa shape index (κ3) is 3.32. The molecule has 0 aliphatic rings. The number of nitrogens with two attached hydrogens (primary N) is 1. The van der Waals surface area contributed by atoms with Gasteiger partial charge in [0, 0.05) is 12.6 Å². The maximum absolute atomic E-state index is 11.4. The van der Waals surface area contributed by atoms with Crippen molar-refractivity contribution in [2.75, 3.05) is 6.54 Å². The van der Waals surface area contributed by atoms with Gasteiger partial charge in [0.1, 0.15) is 0 Å². The minimum atomic E-state index is -0.255. The van der Waals surface area contributed by atoms with Crippen molar-refractivity contribution in [3.05, 3.63) is 22.6 Å². The molecule has 1 amide bonds. The van der Waals surface area contributed by atoms with Gasteiger partial charge in [0.05, 0.1) is 10.7 Å². The Morgan fingerprint density at radius 1 is 1.79 bits per heavy atom. The molecule has 0 spiro atoms. The molecule has 0 aromatic carbocycles. The molecule has 0 radical (unpaired) electrons. The summed E-state index contributed by atoms with van der Waals surface area (Å²) in [4.78, 5) is 11.4. The number of hydrogen-bond donors (Lipinski definition) is 2. The second-order valence-electron chi connectivity index (χ2n) is 2.71. The highest BCUT2D eigenvalue weighted by molar-refractivity contribution is 9.10. The summed E-state index contributed by atoms with van der Waals surface area (Å²) in [5.74, 6) is 0.0233. The minimum Gasteiger partial charge on any atom is -0.458 e. The molecule has 1 rings (SSSR count). The Morgan fingerprint density at radius 3 is 2.86 bits per heavy atom. The van der Waals surface area contributed by atoms with Gasteiger partial charge < -0.3 is 15.5 Å². The van der Waals surface area contributed by atoms with E-state index in [4.69, 9.17) is 10.2 Å². The van der Waals surface area contributed by atoms with Crippen molar-refractivity contribution >= 4 is 34.2 Å². The Bertz CT molecular complexity index is 303. The molecule has 6 heteroatoms. The zero-order chi connectivity index (χ0) is 9.84. The monoisotopic (exact) mass is 282 g/mol. The van der Waals surface area contributed by atoms with Crippen LogP contribution in [-0.2, 0) is 0 Å². The van der Waals surface area contributed by atoms with E-state index in [-0.39, 0.29) is 30.1 Å². The van der Waals surface area contributed by atoms with Crippen LogP contribution < -0.4 is 11.1 Å². The fraction of sp³-hybridized carbons (Fsp3) is 0.375. The molecule has 3 N–H and O–H groups in total. The SMILES string of the molecule is C[C@H](CN)NC(=O)c1occc1Br.Cl. The molecule has 1 aromatic heterocycles. The maximum Gasteiger partial charge on any atom is 0.288 e. The molecule has 4 nitrogen and oxygen atoms in total. The third-order valence-corrected chi connectivity index (χ3v) is 2.18. The standard InChI is InChI=1S/C8H11BrN2O2.ClH/c1-5(4-10)11-8(12)7-6(9)2-3-13-7;/h2-3,5H,4,10H2,1H3,(H,11,12);1H/t5-;/m1./s1. The molecule has 1 heterocycles. The number of furan rings is 1. The number of carbonyl (C=O) groups is 1. The predicted molar refractivity (Wildman–Crippen MR) is 59.6 cm³/mol. The largest absolute Gasteiger partial charge is 0.458 e. The summed E-state index contributed by atoms with van der Waals surface area (Å²) in [7, 11) is 0. The van der Waals surface area contributed by atoms with Crippen LogP contribution in [-0.4, -0.2) is 18.5 Å². The number of carbonyl (C=O) groups excluding carboxylic acids is 1. The number of nitrogens with one attached hydrogen (secondary N) is 1. The Hall–Kier alpha value is -0.520. The van der Waals surface area contributed by atoms with Gasteiger partial charge in [0.2, 0.25) is 5.76 Å². The lowest BCUT2D eigenvalue weighted by Crippen LogP contribution is -2.37. The van der Waals surface area contributed by atoms with Crippen molar-refractivity contribution in [2.24, 2.45) is 5.73 Å². The lowest BCUT2D eigenvalue weighted by Gasteiger charge is -2.09. The second-order valence-corrected chi connectivity index (χ2v) is 3.56. The maximum atomic E-state index is 11.4. The van der Waals surface area contributed by atoms with Crippen LogP contribution in [0.25, 0.3) is 0 Å². The van der Waals surface area contributed by atoms with E-state index in [1.165, 1.54) is 6.26 Å². The van der Waals surface area contributed by atoms with Crippen LogP contribution in [0.15, 0.2) is 21.2 Å². The summed E-state index contributed by atoms with van der Waals surface area (Å²) in [6.45, 7) is 2.23. The highest BCUT2D eigenvalue weighted by Crippen LogP contribution is 2.17.